The minimum Gasteiger partial charge on any atom is -0.353 e. The normalized spacial score (nSPS) is 14.0. The summed E-state index contributed by atoms with van der Waals surface area (Å²) < 4.78 is 0. The van der Waals surface area contributed by atoms with Gasteiger partial charge in [0.2, 0.25) is 11.9 Å². The third-order valence-corrected chi connectivity index (χ3v) is 6.13. The number of nitrogens with zero attached hydrogens (tertiary/aromatic N) is 2. The van der Waals surface area contributed by atoms with Crippen LogP contribution >= 0.6 is 0 Å². The number of hydrogen-bond donors (Lipinski definition) is 3. The second-order valence-corrected chi connectivity index (χ2v) is 11.2. The van der Waals surface area contributed by atoms with Crippen LogP contribution in [0.25, 0.3) is 22.0 Å². The van der Waals surface area contributed by atoms with E-state index in [-0.39, 0.29) is 11.8 Å². The second-order valence-electron chi connectivity index (χ2n) is 11.2. The van der Waals surface area contributed by atoms with Gasteiger partial charge in [-0.1, -0.05) is 32.9 Å². The topological polar surface area (TPSA) is 96.0 Å². The molecule has 0 unspecified atom stereocenters. The molecule has 7 nitrogen and oxygen atoms in total. The van der Waals surface area contributed by atoms with E-state index in [0.29, 0.717) is 24.1 Å². The minimum atomic E-state index is -0.438. The van der Waals surface area contributed by atoms with E-state index in [1.54, 1.807) is 6.20 Å². The lowest BCUT2D eigenvalue weighted by Crippen LogP contribution is -2.47. The van der Waals surface area contributed by atoms with Gasteiger partial charge in [0, 0.05) is 35.1 Å². The highest BCUT2D eigenvalue weighted by Gasteiger charge is 2.26. The number of hydrogen-bond acceptors (Lipinski definition) is 5. The Morgan fingerprint density at radius 3 is 2.46 bits per heavy atom. The van der Waals surface area contributed by atoms with Gasteiger partial charge in [0.1, 0.15) is 0 Å². The summed E-state index contributed by atoms with van der Waals surface area (Å²) in [4.78, 5) is 33.9. The number of carbonyl (C=O) groups excluding carboxylic acids is 2. The highest BCUT2D eigenvalue weighted by molar-refractivity contribution is 5.96. The van der Waals surface area contributed by atoms with Gasteiger partial charge < -0.3 is 16.0 Å². The molecule has 0 spiro atoms. The number of aryl methyl sites for hydroxylation is 1. The van der Waals surface area contributed by atoms with Gasteiger partial charge in [0.15, 0.2) is 0 Å². The van der Waals surface area contributed by atoms with Crippen LogP contribution in [0.1, 0.15) is 63.4 Å². The highest BCUT2D eigenvalue weighted by Crippen LogP contribution is 2.28. The lowest BCUT2D eigenvalue weighted by molar-refractivity contribution is -0.128. The maximum Gasteiger partial charge on any atom is 0.251 e. The fourth-order valence-corrected chi connectivity index (χ4v) is 3.75. The first-order chi connectivity index (χ1) is 16.4. The first kappa shape index (κ1) is 24.6. The van der Waals surface area contributed by atoms with Gasteiger partial charge in [-0.2, -0.15) is 0 Å². The molecule has 1 heterocycles. The monoisotopic (exact) mass is 473 g/mol. The zero-order chi connectivity index (χ0) is 25.4. The molecule has 0 bridgehead atoms. The smallest absolute Gasteiger partial charge is 0.251 e. The van der Waals surface area contributed by atoms with Crippen molar-refractivity contribution in [3.05, 3.63) is 53.7 Å². The predicted molar refractivity (Wildman–Crippen MR) is 140 cm³/mol. The van der Waals surface area contributed by atoms with Crippen molar-refractivity contribution in [3.8, 4) is 11.1 Å². The number of amides is 2. The standard InChI is InChI=1S/C28H35N5O2/c1-17-7-8-19(24(34)31-21-10-11-21)14-22(17)18-9-12-23-20(13-18)15-29-26(32-23)33-28(5,6)16-30-25(35)27(2,3)4/h7-9,12-15,21H,10-11,16H2,1-6H3,(H,30,35)(H,31,34)(H,29,32,33). The molecule has 1 aromatic heterocycles. The van der Waals surface area contributed by atoms with Gasteiger partial charge in [0.25, 0.3) is 5.91 Å². The third kappa shape index (κ3) is 6.15. The van der Waals surface area contributed by atoms with Crippen molar-refractivity contribution in [2.24, 2.45) is 5.41 Å². The molecule has 1 saturated carbocycles. The molecular weight excluding hydrogens is 438 g/mol. The Hall–Kier alpha value is -3.48. The second kappa shape index (κ2) is 9.29. The molecule has 1 aliphatic carbocycles. The quantitative estimate of drug-likeness (QED) is 0.456. The summed E-state index contributed by atoms with van der Waals surface area (Å²) in [6, 6.07) is 12.2. The summed E-state index contributed by atoms with van der Waals surface area (Å²) in [5.74, 6) is 0.494. The summed E-state index contributed by atoms with van der Waals surface area (Å²) in [7, 11) is 0. The van der Waals surface area contributed by atoms with Crippen molar-refractivity contribution in [1.82, 2.24) is 20.6 Å². The molecule has 3 N–H and O–H groups in total. The summed E-state index contributed by atoms with van der Waals surface area (Å²) in [6.07, 6.45) is 3.93. The van der Waals surface area contributed by atoms with Crippen LogP contribution in [-0.4, -0.2) is 39.9 Å². The predicted octanol–water partition coefficient (Wildman–Crippen LogP) is 4.85. The van der Waals surface area contributed by atoms with Gasteiger partial charge in [-0.05, 0) is 74.6 Å². The molecular formula is C28H35N5O2. The van der Waals surface area contributed by atoms with Crippen molar-refractivity contribution >= 4 is 28.7 Å². The van der Waals surface area contributed by atoms with Crippen molar-refractivity contribution < 1.29 is 9.59 Å². The Labute approximate surface area is 207 Å². The summed E-state index contributed by atoms with van der Waals surface area (Å²) in [5.41, 5.74) is 3.78. The minimum absolute atomic E-state index is 0.00344. The molecule has 2 amide bonds. The number of rotatable bonds is 7. The highest BCUT2D eigenvalue weighted by atomic mass is 16.2. The molecule has 184 valence electrons. The maximum absolute atomic E-state index is 12.5. The number of anilines is 1. The van der Waals surface area contributed by atoms with Gasteiger partial charge in [-0.25, -0.2) is 9.97 Å². The van der Waals surface area contributed by atoms with E-state index in [1.165, 1.54) is 0 Å². The number of fused-ring (bicyclic) bond motifs is 1. The molecule has 4 rings (SSSR count). The van der Waals surface area contributed by atoms with Gasteiger partial charge in [0.05, 0.1) is 11.1 Å². The molecule has 1 fully saturated rings. The number of aromatic nitrogens is 2. The van der Waals surface area contributed by atoms with Crippen LogP contribution in [-0.2, 0) is 4.79 Å². The summed E-state index contributed by atoms with van der Waals surface area (Å²) in [5, 5.41) is 10.3. The molecule has 0 aliphatic heterocycles. The largest absolute Gasteiger partial charge is 0.353 e. The van der Waals surface area contributed by atoms with Crippen LogP contribution in [0.5, 0.6) is 0 Å². The lowest BCUT2D eigenvalue weighted by atomic mass is 9.95. The molecule has 0 saturated heterocycles. The van der Waals surface area contributed by atoms with Crippen molar-refractivity contribution in [2.75, 3.05) is 11.9 Å². The Morgan fingerprint density at radius 1 is 1.03 bits per heavy atom. The van der Waals surface area contributed by atoms with E-state index in [2.05, 4.69) is 32.0 Å². The average molecular weight is 474 g/mol. The SMILES string of the molecule is Cc1ccc(C(=O)NC2CC2)cc1-c1ccc2nc(NC(C)(C)CNC(=O)C(C)(C)C)ncc2c1. The van der Waals surface area contributed by atoms with Crippen LogP contribution in [0.2, 0.25) is 0 Å². The Bertz CT molecular complexity index is 1270. The molecule has 3 aromatic rings. The summed E-state index contributed by atoms with van der Waals surface area (Å²) >= 11 is 0. The zero-order valence-corrected chi connectivity index (χ0v) is 21.5. The van der Waals surface area contributed by atoms with E-state index in [0.717, 1.165) is 40.4 Å². The molecule has 0 radical (unpaired) electrons. The molecule has 0 atom stereocenters. The van der Waals surface area contributed by atoms with Crippen LogP contribution in [0.3, 0.4) is 0 Å². The van der Waals surface area contributed by atoms with Crippen molar-refractivity contribution in [2.45, 2.75) is 66.0 Å². The molecule has 1 aliphatic rings. The summed E-state index contributed by atoms with van der Waals surface area (Å²) in [6.45, 7) is 12.2. The zero-order valence-electron chi connectivity index (χ0n) is 21.5. The fourth-order valence-electron chi connectivity index (χ4n) is 3.75. The van der Waals surface area contributed by atoms with Crippen LogP contribution in [0.4, 0.5) is 5.95 Å². The Morgan fingerprint density at radius 2 is 1.77 bits per heavy atom. The average Bonchev–Trinajstić information content (AvgIpc) is 3.60. The van der Waals surface area contributed by atoms with Crippen molar-refractivity contribution in [3.63, 3.8) is 0 Å². The van der Waals surface area contributed by atoms with Crippen LogP contribution in [0.15, 0.2) is 42.6 Å². The number of nitrogens with one attached hydrogen (secondary N) is 3. The Kier molecular flexibility index (Phi) is 6.54. The molecule has 35 heavy (non-hydrogen) atoms. The number of carbonyl (C=O) groups is 2. The van der Waals surface area contributed by atoms with Crippen LogP contribution < -0.4 is 16.0 Å². The molecule has 2 aromatic carbocycles. The van der Waals surface area contributed by atoms with Crippen molar-refractivity contribution in [1.29, 1.82) is 0 Å². The van der Waals surface area contributed by atoms with E-state index < -0.39 is 11.0 Å². The molecule has 7 heteroatoms. The first-order valence-electron chi connectivity index (χ1n) is 12.2. The fraction of sp³-hybridized carbons (Fsp3) is 0.429. The van der Waals surface area contributed by atoms with E-state index in [9.17, 15) is 9.59 Å². The Balaban J connectivity index is 1.51. The lowest BCUT2D eigenvalue weighted by Gasteiger charge is -2.28. The van der Waals surface area contributed by atoms with E-state index in [1.807, 2.05) is 71.9 Å². The maximum atomic E-state index is 12.5. The third-order valence-electron chi connectivity index (χ3n) is 6.13. The van der Waals surface area contributed by atoms with Gasteiger partial charge >= 0.3 is 0 Å². The van der Waals surface area contributed by atoms with Crippen LogP contribution in [0, 0.1) is 12.3 Å². The van der Waals surface area contributed by atoms with Gasteiger partial charge in [-0.15, -0.1) is 0 Å². The number of benzene rings is 2. The first-order valence-corrected chi connectivity index (χ1v) is 12.2. The van der Waals surface area contributed by atoms with Gasteiger partial charge in [-0.3, -0.25) is 9.59 Å². The van der Waals surface area contributed by atoms with E-state index >= 15 is 0 Å². The van der Waals surface area contributed by atoms with E-state index in [4.69, 9.17) is 0 Å².